The summed E-state index contributed by atoms with van der Waals surface area (Å²) in [6, 6.07) is 15.3. The first-order valence-electron chi connectivity index (χ1n) is 12.5. The molecule has 36 heavy (non-hydrogen) atoms. The fourth-order valence-electron chi connectivity index (χ4n) is 5.56. The summed E-state index contributed by atoms with van der Waals surface area (Å²) in [6.07, 6.45) is 1.74. The Kier molecular flexibility index (Phi) is 6.09. The third kappa shape index (κ3) is 4.73. The largest absolute Gasteiger partial charge is 0.389 e. The number of hydrogen-bond acceptors (Lipinski definition) is 5. The zero-order valence-corrected chi connectivity index (χ0v) is 21.1. The number of β-amino-alcohol motifs (C(OH)–C–C–N with tert-alkyl or cyclic N) is 1. The predicted octanol–water partition coefficient (Wildman–Crippen LogP) is 4.16. The van der Waals surface area contributed by atoms with Gasteiger partial charge in [0, 0.05) is 41.7 Å². The maximum absolute atomic E-state index is 15.0. The average Bonchev–Trinajstić information content (AvgIpc) is 3.19. The van der Waals surface area contributed by atoms with Crippen molar-refractivity contribution in [1.82, 2.24) is 15.2 Å². The molecule has 1 saturated heterocycles. The Hall–Kier alpha value is -3.29. The first kappa shape index (κ1) is 24.4. The number of likely N-dealkylation sites (tertiary alicyclic amines) is 1. The number of nitrogens with zero attached hydrogens (tertiary/aromatic N) is 2. The molecule has 1 aromatic heterocycles. The molecule has 5 rings (SSSR count). The lowest BCUT2D eigenvalue weighted by Crippen LogP contribution is -2.38. The summed E-state index contributed by atoms with van der Waals surface area (Å²) in [5, 5.41) is 13.0. The molecule has 1 unspecified atom stereocenters. The number of hydrogen-bond donors (Lipinski definition) is 3. The molecule has 4 N–H and O–H groups in total. The van der Waals surface area contributed by atoms with Crippen molar-refractivity contribution < 1.29 is 14.3 Å². The van der Waals surface area contributed by atoms with Crippen LogP contribution in [-0.2, 0) is 11.8 Å². The van der Waals surface area contributed by atoms with E-state index in [0.29, 0.717) is 29.8 Å². The molecule has 3 aromatic rings. The summed E-state index contributed by atoms with van der Waals surface area (Å²) in [4.78, 5) is 18.4. The maximum Gasteiger partial charge on any atom is 0.251 e. The van der Waals surface area contributed by atoms with Crippen molar-refractivity contribution in [3.8, 4) is 22.3 Å². The maximum atomic E-state index is 15.0. The number of aromatic nitrogens is 1. The Morgan fingerprint density at radius 2 is 1.83 bits per heavy atom. The fraction of sp³-hybridized carbons (Fsp3) is 0.379. The number of nitrogens with two attached hydrogens (primary N) is 1. The van der Waals surface area contributed by atoms with Crippen molar-refractivity contribution in [3.63, 3.8) is 0 Å². The number of amides is 1. The van der Waals surface area contributed by atoms with Crippen LogP contribution in [0, 0.1) is 5.95 Å². The minimum absolute atomic E-state index is 0.0255. The first-order chi connectivity index (χ1) is 17.0. The second-order valence-electron chi connectivity index (χ2n) is 11.0. The number of anilines is 1. The van der Waals surface area contributed by atoms with Crippen molar-refractivity contribution in [3.05, 3.63) is 71.2 Å². The number of aliphatic hydroxyl groups is 1. The van der Waals surface area contributed by atoms with Gasteiger partial charge in [-0.2, -0.15) is 4.39 Å². The normalized spacial score (nSPS) is 20.3. The molecular formula is C29H33FN4O2. The molecule has 1 fully saturated rings. The van der Waals surface area contributed by atoms with Gasteiger partial charge in [-0.25, -0.2) is 4.98 Å². The van der Waals surface area contributed by atoms with Crippen molar-refractivity contribution >= 4 is 11.7 Å². The van der Waals surface area contributed by atoms with E-state index in [1.165, 1.54) is 5.56 Å². The molecule has 0 aliphatic carbocycles. The van der Waals surface area contributed by atoms with Crippen molar-refractivity contribution in [2.45, 2.75) is 44.6 Å². The van der Waals surface area contributed by atoms with Gasteiger partial charge in [0.15, 0.2) is 0 Å². The summed E-state index contributed by atoms with van der Waals surface area (Å²) >= 11 is 0. The van der Waals surface area contributed by atoms with Gasteiger partial charge in [-0.05, 0) is 67.6 Å². The first-order valence-corrected chi connectivity index (χ1v) is 12.5. The van der Waals surface area contributed by atoms with Crippen molar-refractivity contribution in [2.75, 3.05) is 31.9 Å². The number of rotatable bonds is 5. The van der Waals surface area contributed by atoms with Gasteiger partial charge in [-0.1, -0.05) is 43.3 Å². The smallest absolute Gasteiger partial charge is 0.251 e. The summed E-state index contributed by atoms with van der Waals surface area (Å²) in [5.74, 6) is -0.559. The molecule has 6 nitrogen and oxygen atoms in total. The molecule has 2 aliphatic rings. The van der Waals surface area contributed by atoms with E-state index in [1.807, 2.05) is 38.1 Å². The van der Waals surface area contributed by atoms with Crippen LogP contribution >= 0.6 is 0 Å². The number of fused-ring (bicyclic) bond motifs is 1. The van der Waals surface area contributed by atoms with Gasteiger partial charge >= 0.3 is 0 Å². The molecule has 2 aliphatic heterocycles. The topological polar surface area (TPSA) is 91.5 Å². The predicted molar refractivity (Wildman–Crippen MR) is 140 cm³/mol. The van der Waals surface area contributed by atoms with Crippen LogP contribution in [0.4, 0.5) is 10.2 Å². The van der Waals surface area contributed by atoms with E-state index < -0.39 is 11.5 Å². The third-order valence-corrected chi connectivity index (χ3v) is 7.40. The molecule has 1 atom stereocenters. The number of carbonyl (C=O) groups excluding carboxylic acids is 1. The van der Waals surface area contributed by atoms with Crippen LogP contribution in [0.3, 0.4) is 0 Å². The lowest BCUT2D eigenvalue weighted by molar-refractivity contribution is 0.0424. The molecule has 0 radical (unpaired) electrons. The highest BCUT2D eigenvalue weighted by atomic mass is 19.1. The molecule has 1 amide bonds. The Bertz CT molecular complexity index is 1320. The lowest BCUT2D eigenvalue weighted by Gasteiger charge is -2.28. The van der Waals surface area contributed by atoms with Gasteiger partial charge < -0.3 is 16.2 Å². The molecule has 3 heterocycles. The van der Waals surface area contributed by atoms with E-state index in [2.05, 4.69) is 34.3 Å². The molecule has 0 spiro atoms. The van der Waals surface area contributed by atoms with Gasteiger partial charge in [0.25, 0.3) is 5.91 Å². The van der Waals surface area contributed by atoms with E-state index in [0.717, 1.165) is 42.6 Å². The lowest BCUT2D eigenvalue weighted by atomic mass is 9.81. The highest BCUT2D eigenvalue weighted by Gasteiger charge is 2.36. The zero-order valence-electron chi connectivity index (χ0n) is 21.1. The van der Waals surface area contributed by atoms with E-state index in [-0.39, 0.29) is 17.1 Å². The molecule has 2 aromatic carbocycles. The monoisotopic (exact) mass is 488 g/mol. The number of carbonyl (C=O) groups is 1. The highest BCUT2D eigenvalue weighted by Crippen LogP contribution is 2.37. The molecule has 0 saturated carbocycles. The van der Waals surface area contributed by atoms with Crippen LogP contribution in [0.1, 0.15) is 48.7 Å². The Balaban J connectivity index is 1.43. The Morgan fingerprint density at radius 1 is 1.11 bits per heavy atom. The zero-order chi connectivity index (χ0) is 25.7. The Labute approximate surface area is 211 Å². The van der Waals surface area contributed by atoms with Crippen LogP contribution in [0.25, 0.3) is 22.3 Å². The van der Waals surface area contributed by atoms with Gasteiger partial charge in [0.1, 0.15) is 5.82 Å². The van der Waals surface area contributed by atoms with Crippen LogP contribution in [0.15, 0.2) is 48.5 Å². The second kappa shape index (κ2) is 8.98. The SMILES string of the molecule is CC(C)(O)CN1CCC(C)(c2ccc(-c3cc(-c4ccc5c(c4)CCNC5=O)c(N)nc3F)cc2)C1. The third-order valence-electron chi connectivity index (χ3n) is 7.40. The summed E-state index contributed by atoms with van der Waals surface area (Å²) < 4.78 is 15.0. The number of nitrogens with one attached hydrogen (secondary N) is 1. The number of pyridine rings is 1. The number of nitrogen functional groups attached to an aromatic ring is 1. The van der Waals surface area contributed by atoms with E-state index in [4.69, 9.17) is 5.73 Å². The summed E-state index contributed by atoms with van der Waals surface area (Å²) in [7, 11) is 0. The van der Waals surface area contributed by atoms with Crippen LogP contribution in [0.5, 0.6) is 0 Å². The van der Waals surface area contributed by atoms with Gasteiger partial charge in [0.05, 0.1) is 5.60 Å². The quantitative estimate of drug-likeness (QED) is 0.469. The minimum Gasteiger partial charge on any atom is -0.389 e. The molecule has 7 heteroatoms. The average molecular weight is 489 g/mol. The summed E-state index contributed by atoms with van der Waals surface area (Å²) in [5.41, 5.74) is 10.8. The fourth-order valence-corrected chi connectivity index (χ4v) is 5.56. The van der Waals surface area contributed by atoms with E-state index >= 15 is 0 Å². The van der Waals surface area contributed by atoms with Crippen LogP contribution in [0.2, 0.25) is 0 Å². The van der Waals surface area contributed by atoms with Gasteiger partial charge in [0.2, 0.25) is 5.95 Å². The second-order valence-corrected chi connectivity index (χ2v) is 11.0. The van der Waals surface area contributed by atoms with Crippen LogP contribution < -0.4 is 11.1 Å². The molecule has 188 valence electrons. The highest BCUT2D eigenvalue weighted by molar-refractivity contribution is 5.97. The van der Waals surface area contributed by atoms with Gasteiger partial charge in [-0.3, -0.25) is 9.69 Å². The van der Waals surface area contributed by atoms with Gasteiger partial charge in [-0.15, -0.1) is 0 Å². The Morgan fingerprint density at radius 3 is 2.56 bits per heavy atom. The van der Waals surface area contributed by atoms with E-state index in [1.54, 1.807) is 12.1 Å². The van der Waals surface area contributed by atoms with E-state index in [9.17, 15) is 14.3 Å². The molecular weight excluding hydrogens is 455 g/mol. The number of halogens is 1. The minimum atomic E-state index is -0.725. The van der Waals surface area contributed by atoms with Crippen molar-refractivity contribution in [2.24, 2.45) is 0 Å². The summed E-state index contributed by atoms with van der Waals surface area (Å²) in [6.45, 7) is 8.95. The van der Waals surface area contributed by atoms with Crippen LogP contribution in [-0.4, -0.2) is 52.7 Å². The van der Waals surface area contributed by atoms with Crippen molar-refractivity contribution in [1.29, 1.82) is 0 Å². The number of benzene rings is 2. The standard InChI is InChI=1S/C29H33FN4O2/c1-28(2,36)16-34-13-11-29(3,17-34)21-7-4-18(5-8-21)23-15-24(26(31)33-25(23)30)19-6-9-22-20(14-19)10-12-32-27(22)35/h4-9,14-15,36H,10-13,16-17H2,1-3H3,(H2,31,33)(H,32,35). The molecule has 0 bridgehead atoms.